The molecule has 1 aliphatic heterocycles. The van der Waals surface area contributed by atoms with Crippen molar-refractivity contribution in [3.8, 4) is 11.5 Å². The first-order valence-corrected chi connectivity index (χ1v) is 6.31. The van der Waals surface area contributed by atoms with Gasteiger partial charge in [0, 0.05) is 12.6 Å². The fourth-order valence-electron chi connectivity index (χ4n) is 2.14. The van der Waals surface area contributed by atoms with Gasteiger partial charge in [-0.3, -0.25) is 10.1 Å². The normalized spacial score (nSPS) is 22.8. The molecule has 0 aromatic heterocycles. The number of rotatable bonds is 4. The third kappa shape index (κ3) is 3.35. The number of hydrogen-bond acceptors (Lipinski definition) is 5. The van der Waals surface area contributed by atoms with Crippen molar-refractivity contribution in [1.82, 2.24) is 5.32 Å². The van der Waals surface area contributed by atoms with Crippen molar-refractivity contribution in [2.24, 2.45) is 5.92 Å². The van der Waals surface area contributed by atoms with E-state index in [1.165, 1.54) is 19.2 Å². The Morgan fingerprint density at radius 1 is 1.37 bits per heavy atom. The van der Waals surface area contributed by atoms with Gasteiger partial charge < -0.3 is 14.8 Å². The summed E-state index contributed by atoms with van der Waals surface area (Å²) in [5.74, 6) is 1.33. The predicted octanol–water partition coefficient (Wildman–Crippen LogP) is 1.98. The van der Waals surface area contributed by atoms with Crippen molar-refractivity contribution in [2.75, 3.05) is 20.2 Å². The second-order valence-corrected chi connectivity index (χ2v) is 4.75. The fourth-order valence-corrected chi connectivity index (χ4v) is 2.14. The highest BCUT2D eigenvalue weighted by Gasteiger charge is 2.23. The Hall–Kier alpha value is -1.82. The average molecular weight is 266 g/mol. The van der Waals surface area contributed by atoms with Crippen LogP contribution < -0.4 is 14.8 Å². The monoisotopic (exact) mass is 266 g/mol. The van der Waals surface area contributed by atoms with Gasteiger partial charge in [0.25, 0.3) is 5.69 Å². The summed E-state index contributed by atoms with van der Waals surface area (Å²) in [4.78, 5) is 10.4. The summed E-state index contributed by atoms with van der Waals surface area (Å²) in [5.41, 5.74) is -0.0224. The van der Waals surface area contributed by atoms with Gasteiger partial charge in [0.15, 0.2) is 0 Å². The first kappa shape index (κ1) is 13.6. The SMILES string of the molecule is COc1cc(OC2CNCCC2C)cc([N+](=O)[O-])c1. The molecule has 1 aromatic rings. The minimum absolute atomic E-state index is 0.0224. The lowest BCUT2D eigenvalue weighted by Crippen LogP contribution is -2.42. The molecular formula is C13H18N2O4. The zero-order valence-corrected chi connectivity index (χ0v) is 11.1. The number of hydrogen-bond donors (Lipinski definition) is 1. The second-order valence-electron chi connectivity index (χ2n) is 4.75. The van der Waals surface area contributed by atoms with Crippen molar-refractivity contribution < 1.29 is 14.4 Å². The number of nitro benzene ring substituents is 1. The van der Waals surface area contributed by atoms with Gasteiger partial charge in [-0.2, -0.15) is 0 Å². The van der Waals surface area contributed by atoms with E-state index in [4.69, 9.17) is 9.47 Å². The van der Waals surface area contributed by atoms with Crippen molar-refractivity contribution in [3.05, 3.63) is 28.3 Å². The Morgan fingerprint density at radius 3 is 2.74 bits per heavy atom. The molecule has 2 unspecified atom stereocenters. The van der Waals surface area contributed by atoms with Gasteiger partial charge in [-0.25, -0.2) is 0 Å². The predicted molar refractivity (Wildman–Crippen MR) is 70.7 cm³/mol. The number of benzene rings is 1. The van der Waals surface area contributed by atoms with Gasteiger partial charge >= 0.3 is 0 Å². The number of ether oxygens (including phenoxy) is 2. The molecule has 0 amide bonds. The second kappa shape index (κ2) is 5.88. The largest absolute Gasteiger partial charge is 0.496 e. The molecular weight excluding hydrogens is 248 g/mol. The zero-order chi connectivity index (χ0) is 13.8. The summed E-state index contributed by atoms with van der Waals surface area (Å²) < 4.78 is 10.9. The van der Waals surface area contributed by atoms with Gasteiger partial charge in [0.2, 0.25) is 0 Å². The first-order valence-electron chi connectivity index (χ1n) is 6.31. The molecule has 0 spiro atoms. The Labute approximate surface area is 111 Å². The van der Waals surface area contributed by atoms with Crippen molar-refractivity contribution in [3.63, 3.8) is 0 Å². The van der Waals surface area contributed by atoms with Crippen LogP contribution in [-0.4, -0.2) is 31.2 Å². The smallest absolute Gasteiger partial charge is 0.276 e. The fraction of sp³-hybridized carbons (Fsp3) is 0.538. The minimum atomic E-state index is -0.446. The third-order valence-corrected chi connectivity index (χ3v) is 3.36. The Morgan fingerprint density at radius 2 is 2.11 bits per heavy atom. The molecule has 104 valence electrons. The topological polar surface area (TPSA) is 73.6 Å². The Balaban J connectivity index is 2.18. The molecule has 2 rings (SSSR count). The summed E-state index contributed by atoms with van der Waals surface area (Å²) in [7, 11) is 1.48. The molecule has 19 heavy (non-hydrogen) atoms. The molecule has 1 fully saturated rings. The first-order chi connectivity index (χ1) is 9.10. The molecule has 1 heterocycles. The maximum absolute atomic E-state index is 10.9. The van der Waals surface area contributed by atoms with Crippen LogP contribution in [-0.2, 0) is 0 Å². The molecule has 0 bridgehead atoms. The van der Waals surface area contributed by atoms with Gasteiger partial charge in [0.1, 0.15) is 17.6 Å². The van der Waals surface area contributed by atoms with Crippen LogP contribution in [0, 0.1) is 16.0 Å². The number of nitrogens with zero attached hydrogens (tertiary/aromatic N) is 1. The number of non-ortho nitro benzene ring substituents is 1. The molecule has 1 aliphatic rings. The molecule has 1 saturated heterocycles. The van der Waals surface area contributed by atoms with Gasteiger partial charge in [-0.05, 0) is 18.9 Å². The van der Waals surface area contributed by atoms with Crippen LogP contribution in [0.2, 0.25) is 0 Å². The molecule has 1 N–H and O–H groups in total. The highest BCUT2D eigenvalue weighted by Crippen LogP contribution is 2.29. The summed E-state index contributed by atoms with van der Waals surface area (Å²) in [6, 6.07) is 4.49. The maximum Gasteiger partial charge on any atom is 0.276 e. The number of piperidine rings is 1. The van der Waals surface area contributed by atoms with E-state index in [9.17, 15) is 10.1 Å². The third-order valence-electron chi connectivity index (χ3n) is 3.36. The van der Waals surface area contributed by atoms with E-state index in [0.717, 1.165) is 19.5 Å². The van der Waals surface area contributed by atoms with E-state index in [0.29, 0.717) is 17.4 Å². The standard InChI is InChI=1S/C13H18N2O4/c1-9-3-4-14-8-13(9)19-12-6-10(15(16)17)5-11(7-12)18-2/h5-7,9,13-14H,3-4,8H2,1-2H3. The number of nitrogens with one attached hydrogen (secondary N) is 1. The Bertz CT molecular complexity index is 464. The van der Waals surface area contributed by atoms with E-state index in [2.05, 4.69) is 12.2 Å². The molecule has 6 heteroatoms. The van der Waals surface area contributed by atoms with Crippen LogP contribution in [0.15, 0.2) is 18.2 Å². The molecule has 1 aromatic carbocycles. The van der Waals surface area contributed by atoms with Crippen LogP contribution >= 0.6 is 0 Å². The Kier molecular flexibility index (Phi) is 4.21. The van der Waals surface area contributed by atoms with E-state index in [1.807, 2.05) is 0 Å². The molecule has 6 nitrogen and oxygen atoms in total. The maximum atomic E-state index is 10.9. The molecule has 0 radical (unpaired) electrons. The van der Waals surface area contributed by atoms with E-state index < -0.39 is 4.92 Å². The lowest BCUT2D eigenvalue weighted by Gasteiger charge is -2.30. The lowest BCUT2D eigenvalue weighted by atomic mass is 9.97. The number of methoxy groups -OCH3 is 1. The quantitative estimate of drug-likeness (QED) is 0.666. The average Bonchev–Trinajstić information content (AvgIpc) is 2.41. The van der Waals surface area contributed by atoms with Crippen molar-refractivity contribution >= 4 is 5.69 Å². The summed E-state index contributed by atoms with van der Waals surface area (Å²) in [5, 5.41) is 14.1. The molecule has 2 atom stereocenters. The van der Waals surface area contributed by atoms with Crippen LogP contribution in [0.1, 0.15) is 13.3 Å². The summed E-state index contributed by atoms with van der Waals surface area (Å²) in [6.45, 7) is 3.87. The molecule has 0 aliphatic carbocycles. The highest BCUT2D eigenvalue weighted by molar-refractivity contribution is 5.46. The van der Waals surface area contributed by atoms with Crippen molar-refractivity contribution in [2.45, 2.75) is 19.4 Å². The molecule has 0 saturated carbocycles. The minimum Gasteiger partial charge on any atom is -0.496 e. The lowest BCUT2D eigenvalue weighted by molar-refractivity contribution is -0.385. The van der Waals surface area contributed by atoms with Crippen LogP contribution in [0.25, 0.3) is 0 Å². The van der Waals surface area contributed by atoms with Crippen LogP contribution in [0.3, 0.4) is 0 Å². The van der Waals surface area contributed by atoms with E-state index in [-0.39, 0.29) is 11.8 Å². The van der Waals surface area contributed by atoms with Crippen LogP contribution in [0.4, 0.5) is 5.69 Å². The van der Waals surface area contributed by atoms with Crippen molar-refractivity contribution in [1.29, 1.82) is 0 Å². The summed E-state index contributed by atoms with van der Waals surface area (Å²) in [6.07, 6.45) is 1.07. The van der Waals surface area contributed by atoms with Gasteiger partial charge in [-0.15, -0.1) is 0 Å². The van der Waals surface area contributed by atoms with Gasteiger partial charge in [0.05, 0.1) is 24.2 Å². The van der Waals surface area contributed by atoms with E-state index >= 15 is 0 Å². The van der Waals surface area contributed by atoms with Gasteiger partial charge in [-0.1, -0.05) is 6.92 Å². The van der Waals surface area contributed by atoms with E-state index in [1.54, 1.807) is 6.07 Å². The highest BCUT2D eigenvalue weighted by atomic mass is 16.6. The zero-order valence-electron chi connectivity index (χ0n) is 11.1. The summed E-state index contributed by atoms with van der Waals surface area (Å²) >= 11 is 0. The van der Waals surface area contributed by atoms with Crippen LogP contribution in [0.5, 0.6) is 11.5 Å². The number of nitro groups is 1.